The molecule has 1 aliphatic heterocycles. The summed E-state index contributed by atoms with van der Waals surface area (Å²) in [6, 6.07) is 10.3. The Morgan fingerprint density at radius 1 is 1.20 bits per heavy atom. The van der Waals surface area contributed by atoms with Crippen molar-refractivity contribution in [1.82, 2.24) is 29.8 Å². The van der Waals surface area contributed by atoms with Crippen molar-refractivity contribution in [3.63, 3.8) is 0 Å². The van der Waals surface area contributed by atoms with E-state index < -0.39 is 11.4 Å². The molecular formula is C25H24FN7O2. The minimum absolute atomic E-state index is 0.169. The topological polar surface area (TPSA) is 108 Å². The van der Waals surface area contributed by atoms with E-state index in [1.807, 2.05) is 34.7 Å². The summed E-state index contributed by atoms with van der Waals surface area (Å²) in [5.74, 6) is -0.320. The van der Waals surface area contributed by atoms with Gasteiger partial charge in [-0.05, 0) is 62.2 Å². The molecule has 0 unspecified atom stereocenters. The number of hydrogen-bond acceptors (Lipinski definition) is 7. The van der Waals surface area contributed by atoms with Crippen molar-refractivity contribution >= 4 is 11.5 Å². The van der Waals surface area contributed by atoms with Gasteiger partial charge in [-0.3, -0.25) is 0 Å². The minimum atomic E-state index is -1.21. The van der Waals surface area contributed by atoms with Crippen LogP contribution in [-0.2, 0) is 12.0 Å². The number of aliphatic hydroxyl groups is 1. The second-order valence-corrected chi connectivity index (χ2v) is 9.38. The van der Waals surface area contributed by atoms with E-state index in [4.69, 9.17) is 9.52 Å². The number of pyridine rings is 1. The first-order valence-electron chi connectivity index (χ1n) is 11.4. The maximum Gasteiger partial charge on any atom is 0.319 e. The molecule has 5 aromatic rings. The molecule has 4 aromatic heterocycles. The first-order valence-corrected chi connectivity index (χ1v) is 11.4. The first-order chi connectivity index (χ1) is 16.8. The summed E-state index contributed by atoms with van der Waals surface area (Å²) in [4.78, 5) is 9.79. The Morgan fingerprint density at radius 3 is 2.86 bits per heavy atom. The molecule has 6 rings (SSSR count). The number of aryl methyl sites for hydroxylation is 1. The molecule has 1 aliphatic rings. The molecule has 178 valence electrons. The number of benzene rings is 1. The van der Waals surface area contributed by atoms with Gasteiger partial charge in [0.25, 0.3) is 0 Å². The average molecular weight is 474 g/mol. The molecule has 0 bridgehead atoms. The van der Waals surface area contributed by atoms with Gasteiger partial charge in [0.05, 0.1) is 28.8 Å². The Bertz CT molecular complexity index is 1540. The highest BCUT2D eigenvalue weighted by atomic mass is 19.1. The fourth-order valence-corrected chi connectivity index (χ4v) is 4.61. The summed E-state index contributed by atoms with van der Waals surface area (Å²) >= 11 is 0. The number of fused-ring (bicyclic) bond motifs is 2. The molecule has 0 saturated carbocycles. The predicted molar refractivity (Wildman–Crippen MR) is 126 cm³/mol. The van der Waals surface area contributed by atoms with E-state index in [2.05, 4.69) is 26.2 Å². The Hall–Kier alpha value is -4.05. The third-order valence-corrected chi connectivity index (χ3v) is 6.45. The molecule has 2 N–H and O–H groups in total. The molecule has 10 heteroatoms. The lowest BCUT2D eigenvalue weighted by atomic mass is 9.96. The van der Waals surface area contributed by atoms with Crippen molar-refractivity contribution in [3.8, 4) is 11.5 Å². The lowest BCUT2D eigenvalue weighted by Gasteiger charge is -2.32. The number of imidazole rings is 1. The van der Waals surface area contributed by atoms with Gasteiger partial charge in [-0.15, -0.1) is 5.10 Å². The van der Waals surface area contributed by atoms with Crippen LogP contribution in [0.2, 0.25) is 0 Å². The number of aromatic nitrogens is 6. The highest BCUT2D eigenvalue weighted by Crippen LogP contribution is 2.37. The molecular weight excluding hydrogens is 449 g/mol. The van der Waals surface area contributed by atoms with E-state index >= 15 is 0 Å². The number of aromatic amines is 1. The van der Waals surface area contributed by atoms with Gasteiger partial charge in [-0.2, -0.15) is 5.10 Å². The lowest BCUT2D eigenvalue weighted by Crippen LogP contribution is -2.36. The second-order valence-electron chi connectivity index (χ2n) is 9.38. The van der Waals surface area contributed by atoms with Crippen molar-refractivity contribution < 1.29 is 13.9 Å². The number of halogens is 1. The summed E-state index contributed by atoms with van der Waals surface area (Å²) in [6.45, 7) is 5.85. The molecule has 0 spiro atoms. The molecule has 0 amide bonds. The minimum Gasteiger partial charge on any atom is -0.403 e. The first kappa shape index (κ1) is 21.5. The maximum atomic E-state index is 14.3. The zero-order chi connectivity index (χ0) is 24.3. The number of nitrogens with zero attached hydrogens (tertiary/aromatic N) is 6. The molecule has 0 aliphatic carbocycles. The Balaban J connectivity index is 1.43. The summed E-state index contributed by atoms with van der Waals surface area (Å²) < 4.78 is 22.2. The number of rotatable bonds is 4. The van der Waals surface area contributed by atoms with Gasteiger partial charge in [-0.1, -0.05) is 11.2 Å². The fourth-order valence-electron chi connectivity index (χ4n) is 4.61. The molecule has 0 fully saturated rings. The maximum absolute atomic E-state index is 14.3. The Morgan fingerprint density at radius 2 is 2.06 bits per heavy atom. The third kappa shape index (κ3) is 3.66. The van der Waals surface area contributed by atoms with E-state index in [-0.39, 0.29) is 11.9 Å². The van der Waals surface area contributed by atoms with Crippen LogP contribution in [0.5, 0.6) is 0 Å². The summed E-state index contributed by atoms with van der Waals surface area (Å²) in [7, 11) is 0. The van der Waals surface area contributed by atoms with Gasteiger partial charge in [0.2, 0.25) is 5.89 Å². The highest BCUT2D eigenvalue weighted by molar-refractivity contribution is 5.58. The molecule has 5 heterocycles. The van der Waals surface area contributed by atoms with Crippen LogP contribution in [0.1, 0.15) is 48.1 Å². The summed E-state index contributed by atoms with van der Waals surface area (Å²) in [6.07, 6.45) is 4.32. The normalized spacial score (nSPS) is 16.1. The van der Waals surface area contributed by atoms with Gasteiger partial charge in [0, 0.05) is 30.4 Å². The lowest BCUT2D eigenvalue weighted by molar-refractivity contribution is 0.0783. The molecule has 0 radical (unpaired) electrons. The predicted octanol–water partition coefficient (Wildman–Crippen LogP) is 3.93. The number of hydrogen-bond donors (Lipinski definition) is 2. The fraction of sp³-hybridized carbons (Fsp3) is 0.280. The van der Waals surface area contributed by atoms with Gasteiger partial charge in [-0.25, -0.2) is 13.9 Å². The van der Waals surface area contributed by atoms with E-state index in [0.717, 1.165) is 34.6 Å². The van der Waals surface area contributed by atoms with E-state index in [9.17, 15) is 9.50 Å². The zero-order valence-electron chi connectivity index (χ0n) is 19.5. The highest BCUT2D eigenvalue weighted by Gasteiger charge is 2.36. The van der Waals surface area contributed by atoms with Crippen LogP contribution in [-0.4, -0.2) is 41.4 Å². The quantitative estimate of drug-likeness (QED) is 0.407. The third-order valence-electron chi connectivity index (χ3n) is 6.45. The molecule has 1 atom stereocenters. The average Bonchev–Trinajstić information content (AvgIpc) is 3.56. The van der Waals surface area contributed by atoms with Gasteiger partial charge in [0.15, 0.2) is 0 Å². The van der Waals surface area contributed by atoms with Crippen molar-refractivity contribution in [3.05, 3.63) is 82.9 Å². The van der Waals surface area contributed by atoms with Gasteiger partial charge in [0.1, 0.15) is 11.9 Å². The van der Waals surface area contributed by atoms with Crippen LogP contribution in [0, 0.1) is 12.7 Å². The van der Waals surface area contributed by atoms with Crippen LogP contribution in [0.25, 0.3) is 17.0 Å². The van der Waals surface area contributed by atoms with Gasteiger partial charge >= 0.3 is 6.01 Å². The van der Waals surface area contributed by atoms with Crippen LogP contribution < -0.4 is 4.90 Å². The molecule has 35 heavy (non-hydrogen) atoms. The SMILES string of the molecule is Cc1cccn2nc([C@H]3c4nc[nH]c4CCN3c3nnc(-c4cc(F)cc(C(C)(C)O)c4)o3)cc12. The number of nitrogens with one attached hydrogen (secondary N) is 1. The van der Waals surface area contributed by atoms with Crippen LogP contribution in [0.4, 0.5) is 10.4 Å². The van der Waals surface area contributed by atoms with Crippen molar-refractivity contribution in [1.29, 1.82) is 0 Å². The van der Waals surface area contributed by atoms with Gasteiger partial charge < -0.3 is 19.4 Å². The zero-order valence-corrected chi connectivity index (χ0v) is 19.5. The van der Waals surface area contributed by atoms with Crippen LogP contribution >= 0.6 is 0 Å². The van der Waals surface area contributed by atoms with Crippen molar-refractivity contribution in [2.24, 2.45) is 0 Å². The second kappa shape index (κ2) is 7.74. The van der Waals surface area contributed by atoms with E-state index in [1.54, 1.807) is 26.2 Å². The number of anilines is 1. The Labute approximate surface area is 200 Å². The largest absolute Gasteiger partial charge is 0.403 e. The summed E-state index contributed by atoms with van der Waals surface area (Å²) in [5, 5.41) is 23.7. The van der Waals surface area contributed by atoms with Crippen LogP contribution in [0.15, 0.2) is 53.3 Å². The smallest absolute Gasteiger partial charge is 0.319 e. The summed E-state index contributed by atoms with van der Waals surface area (Å²) in [5.41, 5.74) is 4.44. The van der Waals surface area contributed by atoms with Crippen molar-refractivity contribution in [2.75, 3.05) is 11.4 Å². The van der Waals surface area contributed by atoms with E-state index in [0.29, 0.717) is 23.7 Å². The standard InChI is InChI=1S/C25H24FN7O2/c1-14-5-4-7-33-20(14)12-19(31-33)22-21-18(27-13-28-21)6-8-32(22)24-30-29-23(35-24)15-9-16(25(2,3)34)11-17(26)10-15/h4-5,7,9-13,22,34H,6,8H2,1-3H3,(H,27,28)/t22-/m0/s1. The molecule has 0 saturated heterocycles. The van der Waals surface area contributed by atoms with E-state index in [1.165, 1.54) is 12.1 Å². The Kier molecular flexibility index (Phi) is 4.75. The molecule has 1 aromatic carbocycles. The number of H-pyrrole nitrogens is 1. The van der Waals surface area contributed by atoms with Crippen LogP contribution in [0.3, 0.4) is 0 Å². The van der Waals surface area contributed by atoms with Crippen molar-refractivity contribution in [2.45, 2.75) is 38.8 Å². The monoisotopic (exact) mass is 473 g/mol. The molecule has 9 nitrogen and oxygen atoms in total.